The van der Waals surface area contributed by atoms with Gasteiger partial charge in [-0.3, -0.25) is 9.59 Å². The molecule has 0 saturated carbocycles. The molecule has 2 aliphatic rings. The Labute approximate surface area is 155 Å². The average molecular weight is 350 g/mol. The molecule has 1 heterocycles. The molecular formula is C22H26N2O2. The van der Waals surface area contributed by atoms with E-state index in [-0.39, 0.29) is 23.8 Å². The molecule has 3 rings (SSSR count). The highest BCUT2D eigenvalue weighted by Gasteiger charge is 2.35. The lowest BCUT2D eigenvalue weighted by Crippen LogP contribution is -2.47. The first-order chi connectivity index (χ1) is 12.7. The van der Waals surface area contributed by atoms with E-state index in [1.807, 2.05) is 11.0 Å². The van der Waals surface area contributed by atoms with E-state index in [9.17, 15) is 9.59 Å². The average Bonchev–Trinajstić information content (AvgIpc) is 2.70. The SMILES string of the molecule is C#CCN(C(=O)C1CCCN(C(=O)C=C)C1)C1CCCc2ccccc21. The molecule has 0 radical (unpaired) electrons. The molecule has 2 amide bonds. The smallest absolute Gasteiger partial charge is 0.245 e. The first kappa shape index (κ1) is 18.3. The fourth-order valence-corrected chi connectivity index (χ4v) is 4.23. The Hall–Kier alpha value is -2.54. The van der Waals surface area contributed by atoms with Crippen molar-refractivity contribution in [2.75, 3.05) is 19.6 Å². The molecule has 136 valence electrons. The second-order valence-corrected chi connectivity index (χ2v) is 7.10. The Balaban J connectivity index is 1.82. The number of nitrogens with zero attached hydrogens (tertiary/aromatic N) is 2. The monoisotopic (exact) mass is 350 g/mol. The summed E-state index contributed by atoms with van der Waals surface area (Å²) < 4.78 is 0. The lowest BCUT2D eigenvalue weighted by molar-refractivity contribution is -0.141. The van der Waals surface area contributed by atoms with Crippen LogP contribution < -0.4 is 0 Å². The highest BCUT2D eigenvalue weighted by molar-refractivity contribution is 5.88. The Morgan fingerprint density at radius 1 is 1.31 bits per heavy atom. The quantitative estimate of drug-likeness (QED) is 0.619. The van der Waals surface area contributed by atoms with E-state index in [0.29, 0.717) is 19.6 Å². The van der Waals surface area contributed by atoms with Crippen molar-refractivity contribution in [3.05, 3.63) is 48.0 Å². The van der Waals surface area contributed by atoms with Gasteiger partial charge < -0.3 is 9.80 Å². The van der Waals surface area contributed by atoms with Crippen LogP contribution in [0.4, 0.5) is 0 Å². The second kappa shape index (κ2) is 8.23. The number of rotatable bonds is 4. The number of carbonyl (C=O) groups is 2. The van der Waals surface area contributed by atoms with Crippen LogP contribution in [0.25, 0.3) is 0 Å². The Kier molecular flexibility index (Phi) is 5.78. The number of hydrogen-bond acceptors (Lipinski definition) is 2. The van der Waals surface area contributed by atoms with E-state index in [4.69, 9.17) is 6.42 Å². The van der Waals surface area contributed by atoms with Crippen LogP contribution in [0.3, 0.4) is 0 Å². The summed E-state index contributed by atoms with van der Waals surface area (Å²) in [7, 11) is 0. The van der Waals surface area contributed by atoms with Crippen LogP contribution in [0.5, 0.6) is 0 Å². The van der Waals surface area contributed by atoms with E-state index < -0.39 is 0 Å². The lowest BCUT2D eigenvalue weighted by atomic mass is 9.85. The summed E-state index contributed by atoms with van der Waals surface area (Å²) in [5, 5.41) is 0. The van der Waals surface area contributed by atoms with Gasteiger partial charge >= 0.3 is 0 Å². The molecule has 1 saturated heterocycles. The Morgan fingerprint density at radius 3 is 2.88 bits per heavy atom. The van der Waals surface area contributed by atoms with Crippen LogP contribution in [0.15, 0.2) is 36.9 Å². The van der Waals surface area contributed by atoms with Crippen LogP contribution in [0.1, 0.15) is 42.9 Å². The number of piperidine rings is 1. The molecule has 0 aromatic heterocycles. The summed E-state index contributed by atoms with van der Waals surface area (Å²) in [5.41, 5.74) is 2.53. The van der Waals surface area contributed by atoms with E-state index in [0.717, 1.165) is 32.1 Å². The van der Waals surface area contributed by atoms with Crippen molar-refractivity contribution < 1.29 is 9.59 Å². The predicted molar refractivity (Wildman–Crippen MR) is 102 cm³/mol. The number of benzene rings is 1. The van der Waals surface area contributed by atoms with Gasteiger partial charge in [0.25, 0.3) is 0 Å². The van der Waals surface area contributed by atoms with Crippen molar-refractivity contribution in [2.45, 2.75) is 38.1 Å². The van der Waals surface area contributed by atoms with Gasteiger partial charge in [-0.1, -0.05) is 36.8 Å². The van der Waals surface area contributed by atoms with Gasteiger partial charge in [0.1, 0.15) is 0 Å². The number of fused-ring (bicyclic) bond motifs is 1. The standard InChI is InChI=1S/C22H26N2O2/c1-3-14-24(20-13-7-10-17-9-5-6-12-19(17)20)22(26)18-11-8-15-23(16-18)21(25)4-2/h1,4-6,9,12,18,20H,2,7-8,10-11,13-16H2. The van der Waals surface area contributed by atoms with Crippen molar-refractivity contribution in [3.8, 4) is 12.3 Å². The van der Waals surface area contributed by atoms with E-state index in [2.05, 4.69) is 30.7 Å². The second-order valence-electron chi connectivity index (χ2n) is 7.10. The fourth-order valence-electron chi connectivity index (χ4n) is 4.23. The van der Waals surface area contributed by atoms with Gasteiger partial charge in [0, 0.05) is 13.1 Å². The zero-order valence-corrected chi connectivity index (χ0v) is 15.2. The van der Waals surface area contributed by atoms with E-state index in [1.54, 1.807) is 4.90 Å². The summed E-state index contributed by atoms with van der Waals surface area (Å²) >= 11 is 0. The number of amides is 2. The molecule has 1 aliphatic heterocycles. The minimum atomic E-state index is -0.185. The molecule has 1 aromatic carbocycles. The molecule has 1 fully saturated rings. The molecule has 2 atom stereocenters. The largest absolute Gasteiger partial charge is 0.338 e. The van der Waals surface area contributed by atoms with Crippen molar-refractivity contribution in [1.82, 2.24) is 9.80 Å². The minimum Gasteiger partial charge on any atom is -0.338 e. The maximum atomic E-state index is 13.3. The van der Waals surface area contributed by atoms with Gasteiger partial charge in [-0.2, -0.15) is 0 Å². The zero-order valence-electron chi connectivity index (χ0n) is 15.2. The first-order valence-electron chi connectivity index (χ1n) is 9.38. The summed E-state index contributed by atoms with van der Waals surface area (Å²) in [4.78, 5) is 28.9. The number of aryl methyl sites for hydroxylation is 1. The number of carbonyl (C=O) groups excluding carboxylic acids is 2. The van der Waals surface area contributed by atoms with Crippen molar-refractivity contribution in [3.63, 3.8) is 0 Å². The molecule has 26 heavy (non-hydrogen) atoms. The van der Waals surface area contributed by atoms with Crippen LogP contribution in [-0.4, -0.2) is 41.2 Å². The van der Waals surface area contributed by atoms with Gasteiger partial charge in [0.05, 0.1) is 18.5 Å². The van der Waals surface area contributed by atoms with Crippen molar-refractivity contribution >= 4 is 11.8 Å². The van der Waals surface area contributed by atoms with E-state index in [1.165, 1.54) is 17.2 Å². The van der Waals surface area contributed by atoms with Gasteiger partial charge in [-0.25, -0.2) is 0 Å². The summed E-state index contributed by atoms with van der Waals surface area (Å²) in [5.74, 6) is 2.46. The summed E-state index contributed by atoms with van der Waals surface area (Å²) in [6.45, 7) is 5.01. The Morgan fingerprint density at radius 2 is 2.12 bits per heavy atom. The molecule has 2 unspecified atom stereocenters. The summed E-state index contributed by atoms with van der Waals surface area (Å²) in [6.07, 6.45) is 11.6. The van der Waals surface area contributed by atoms with E-state index >= 15 is 0 Å². The Bertz CT molecular complexity index is 734. The molecule has 4 nitrogen and oxygen atoms in total. The topological polar surface area (TPSA) is 40.6 Å². The normalized spacial score (nSPS) is 22.0. The molecular weight excluding hydrogens is 324 g/mol. The highest BCUT2D eigenvalue weighted by Crippen LogP contribution is 2.35. The van der Waals surface area contributed by atoms with Crippen LogP contribution in [-0.2, 0) is 16.0 Å². The van der Waals surface area contributed by atoms with Crippen LogP contribution in [0, 0.1) is 18.3 Å². The number of terminal acetylenes is 1. The van der Waals surface area contributed by atoms with Crippen LogP contribution >= 0.6 is 0 Å². The van der Waals surface area contributed by atoms with Gasteiger partial charge in [-0.15, -0.1) is 6.42 Å². The van der Waals surface area contributed by atoms with Gasteiger partial charge in [0.2, 0.25) is 11.8 Å². The number of hydrogen-bond donors (Lipinski definition) is 0. The molecule has 4 heteroatoms. The molecule has 1 aliphatic carbocycles. The first-order valence-corrected chi connectivity index (χ1v) is 9.38. The maximum absolute atomic E-state index is 13.3. The summed E-state index contributed by atoms with van der Waals surface area (Å²) in [6, 6.07) is 8.37. The third kappa shape index (κ3) is 3.67. The fraction of sp³-hybridized carbons (Fsp3) is 0.455. The van der Waals surface area contributed by atoms with Crippen molar-refractivity contribution in [2.24, 2.45) is 5.92 Å². The molecule has 0 spiro atoms. The number of likely N-dealkylation sites (tertiary alicyclic amines) is 1. The third-order valence-corrected chi connectivity index (χ3v) is 5.52. The highest BCUT2D eigenvalue weighted by atomic mass is 16.2. The predicted octanol–water partition coefficient (Wildman–Crippen LogP) is 2.95. The minimum absolute atomic E-state index is 0.0361. The van der Waals surface area contributed by atoms with Crippen molar-refractivity contribution in [1.29, 1.82) is 0 Å². The lowest BCUT2D eigenvalue weighted by Gasteiger charge is -2.39. The van der Waals surface area contributed by atoms with Gasteiger partial charge in [0.15, 0.2) is 0 Å². The molecule has 0 bridgehead atoms. The molecule has 0 N–H and O–H groups in total. The third-order valence-electron chi connectivity index (χ3n) is 5.52. The van der Waals surface area contributed by atoms with Gasteiger partial charge in [-0.05, 0) is 49.3 Å². The zero-order chi connectivity index (χ0) is 18.5. The maximum Gasteiger partial charge on any atom is 0.245 e. The van der Waals surface area contributed by atoms with Crippen LogP contribution in [0.2, 0.25) is 0 Å². The molecule has 1 aromatic rings.